The summed E-state index contributed by atoms with van der Waals surface area (Å²) in [6.07, 6.45) is -1.09. The van der Waals surface area contributed by atoms with E-state index >= 15 is 0 Å². The average molecular weight is 404 g/mol. The minimum Gasteiger partial charge on any atom is -0.356 e. The molecule has 8 heteroatoms. The van der Waals surface area contributed by atoms with Crippen LogP contribution in [0, 0.1) is 0 Å². The highest BCUT2D eigenvalue weighted by Crippen LogP contribution is 2.29. The molecule has 1 unspecified atom stereocenters. The van der Waals surface area contributed by atoms with Gasteiger partial charge in [-0.05, 0) is 42.4 Å². The molecule has 1 heterocycles. The molecule has 0 spiro atoms. The number of nitrogens with zero attached hydrogens (tertiary/aromatic N) is 2. The van der Waals surface area contributed by atoms with Crippen molar-refractivity contribution >= 4 is 23.0 Å². The Labute approximate surface area is 166 Å². The smallest absolute Gasteiger partial charge is 0.356 e. The molecule has 3 rings (SSSR count). The van der Waals surface area contributed by atoms with Crippen LogP contribution < -0.4 is 10.6 Å². The molecular formula is C20H19F3N4S. The molecule has 146 valence electrons. The molecule has 0 amide bonds. The third-order valence-electron chi connectivity index (χ3n) is 4.14. The Bertz CT molecular complexity index is 938. The number of benzene rings is 2. The lowest BCUT2D eigenvalue weighted by Gasteiger charge is -2.16. The van der Waals surface area contributed by atoms with E-state index in [1.165, 1.54) is 6.07 Å². The zero-order chi connectivity index (χ0) is 20.1. The molecule has 0 radical (unpaired) electrons. The second-order valence-electron chi connectivity index (χ2n) is 6.36. The Morgan fingerprint density at radius 3 is 2.61 bits per heavy atom. The van der Waals surface area contributed by atoms with E-state index in [2.05, 4.69) is 15.7 Å². The van der Waals surface area contributed by atoms with Crippen molar-refractivity contribution in [2.24, 2.45) is 0 Å². The maximum absolute atomic E-state index is 12.8. The molecule has 0 bridgehead atoms. The molecule has 0 fully saturated rings. The number of aromatic nitrogens is 2. The van der Waals surface area contributed by atoms with E-state index in [-0.39, 0.29) is 12.6 Å². The quantitative estimate of drug-likeness (QED) is 0.588. The Balaban J connectivity index is 1.59. The van der Waals surface area contributed by atoms with Crippen molar-refractivity contribution in [1.29, 1.82) is 0 Å². The van der Waals surface area contributed by atoms with Gasteiger partial charge in [-0.15, -0.1) is 0 Å². The van der Waals surface area contributed by atoms with Gasteiger partial charge in [-0.25, -0.2) is 0 Å². The summed E-state index contributed by atoms with van der Waals surface area (Å²) in [4.78, 5) is 0. The zero-order valence-electron chi connectivity index (χ0n) is 15.1. The second-order valence-corrected chi connectivity index (χ2v) is 6.76. The van der Waals surface area contributed by atoms with Gasteiger partial charge < -0.3 is 10.6 Å². The summed E-state index contributed by atoms with van der Waals surface area (Å²) in [6.45, 7) is 2.23. The van der Waals surface area contributed by atoms with Gasteiger partial charge in [-0.1, -0.05) is 42.5 Å². The normalized spacial score (nSPS) is 12.4. The van der Waals surface area contributed by atoms with E-state index in [1.807, 2.05) is 37.3 Å². The lowest BCUT2D eigenvalue weighted by Crippen LogP contribution is -2.30. The van der Waals surface area contributed by atoms with Gasteiger partial charge in [0.15, 0.2) is 5.11 Å². The fourth-order valence-corrected chi connectivity index (χ4v) is 3.03. The molecule has 1 aromatic heterocycles. The highest BCUT2D eigenvalue weighted by atomic mass is 32.1. The summed E-state index contributed by atoms with van der Waals surface area (Å²) in [5.41, 5.74) is 1.61. The molecule has 0 saturated heterocycles. The molecule has 0 aliphatic heterocycles. The predicted octanol–water partition coefficient (Wildman–Crippen LogP) is 5.00. The van der Waals surface area contributed by atoms with E-state index in [9.17, 15) is 13.2 Å². The maximum atomic E-state index is 12.8. The monoisotopic (exact) mass is 404 g/mol. The van der Waals surface area contributed by atoms with E-state index in [0.29, 0.717) is 16.4 Å². The minimum atomic E-state index is -4.36. The first kappa shape index (κ1) is 19.9. The van der Waals surface area contributed by atoms with Gasteiger partial charge in [0, 0.05) is 6.20 Å². The lowest BCUT2D eigenvalue weighted by molar-refractivity contribution is -0.137. The van der Waals surface area contributed by atoms with Crippen LogP contribution in [0.5, 0.6) is 0 Å². The first-order valence-electron chi connectivity index (χ1n) is 8.62. The van der Waals surface area contributed by atoms with E-state index in [4.69, 9.17) is 12.2 Å². The van der Waals surface area contributed by atoms with Crippen molar-refractivity contribution in [2.75, 3.05) is 5.32 Å². The molecule has 4 nitrogen and oxygen atoms in total. The predicted molar refractivity (Wildman–Crippen MR) is 107 cm³/mol. The number of thiocarbonyl (C=S) groups is 1. The molecule has 2 aromatic carbocycles. The third kappa shape index (κ3) is 5.32. The summed E-state index contributed by atoms with van der Waals surface area (Å²) in [5, 5.41) is 10.8. The van der Waals surface area contributed by atoms with Crippen LogP contribution >= 0.6 is 12.2 Å². The van der Waals surface area contributed by atoms with Crippen LogP contribution in [0.4, 0.5) is 18.9 Å². The van der Waals surface area contributed by atoms with Gasteiger partial charge in [-0.2, -0.15) is 18.3 Å². The summed E-state index contributed by atoms with van der Waals surface area (Å²) < 4.78 is 40.0. The standard InChI is InChI=1S/C20H19F3N4S/c1-14(16-7-3-2-4-8-16)25-19(28)26-18-11-24-27(13-18)12-15-6-5-9-17(10-15)20(21,22)23/h2-11,13-14H,12H2,1H3,(H2,25,26,28). The fraction of sp³-hybridized carbons (Fsp3) is 0.200. The number of nitrogens with one attached hydrogen (secondary N) is 2. The van der Waals surface area contributed by atoms with Crippen LogP contribution in [-0.4, -0.2) is 14.9 Å². The molecule has 2 N–H and O–H groups in total. The Hall–Kier alpha value is -2.87. The third-order valence-corrected chi connectivity index (χ3v) is 4.36. The Morgan fingerprint density at radius 1 is 1.14 bits per heavy atom. The number of hydrogen-bond acceptors (Lipinski definition) is 2. The minimum absolute atomic E-state index is 0.0290. The number of rotatable bonds is 5. The molecular weight excluding hydrogens is 385 g/mol. The van der Waals surface area contributed by atoms with Crippen molar-refractivity contribution in [2.45, 2.75) is 25.7 Å². The van der Waals surface area contributed by atoms with Crippen molar-refractivity contribution in [3.8, 4) is 0 Å². The van der Waals surface area contributed by atoms with Gasteiger partial charge in [0.05, 0.1) is 30.0 Å². The Kier molecular flexibility index (Phi) is 5.99. The topological polar surface area (TPSA) is 41.9 Å². The molecule has 1 atom stereocenters. The van der Waals surface area contributed by atoms with Crippen LogP contribution in [0.2, 0.25) is 0 Å². The molecule has 3 aromatic rings. The van der Waals surface area contributed by atoms with Crippen molar-refractivity contribution in [3.63, 3.8) is 0 Å². The largest absolute Gasteiger partial charge is 0.416 e. The van der Waals surface area contributed by atoms with Crippen molar-refractivity contribution in [3.05, 3.63) is 83.7 Å². The number of alkyl halides is 3. The van der Waals surface area contributed by atoms with Crippen LogP contribution in [-0.2, 0) is 12.7 Å². The van der Waals surface area contributed by atoms with E-state index in [0.717, 1.165) is 17.7 Å². The summed E-state index contributed by atoms with van der Waals surface area (Å²) in [5.74, 6) is 0. The van der Waals surface area contributed by atoms with Gasteiger partial charge in [0.25, 0.3) is 0 Å². The van der Waals surface area contributed by atoms with E-state index < -0.39 is 11.7 Å². The average Bonchev–Trinajstić information content (AvgIpc) is 3.08. The van der Waals surface area contributed by atoms with Crippen molar-refractivity contribution in [1.82, 2.24) is 15.1 Å². The van der Waals surface area contributed by atoms with Gasteiger partial charge in [0.2, 0.25) is 0 Å². The molecule has 0 saturated carbocycles. The molecule has 0 aliphatic carbocycles. The van der Waals surface area contributed by atoms with Crippen LogP contribution in [0.1, 0.15) is 29.7 Å². The first-order valence-corrected chi connectivity index (χ1v) is 9.03. The van der Waals surface area contributed by atoms with Crippen LogP contribution in [0.25, 0.3) is 0 Å². The first-order chi connectivity index (χ1) is 13.3. The van der Waals surface area contributed by atoms with Gasteiger partial charge in [0.1, 0.15) is 0 Å². The molecule has 0 aliphatic rings. The number of hydrogen-bond donors (Lipinski definition) is 2. The highest BCUT2D eigenvalue weighted by Gasteiger charge is 2.30. The summed E-state index contributed by atoms with van der Waals surface area (Å²) in [7, 11) is 0. The van der Waals surface area contributed by atoms with Gasteiger partial charge >= 0.3 is 6.18 Å². The van der Waals surface area contributed by atoms with Crippen molar-refractivity contribution < 1.29 is 13.2 Å². The molecule has 28 heavy (non-hydrogen) atoms. The van der Waals surface area contributed by atoms with Gasteiger partial charge in [-0.3, -0.25) is 4.68 Å². The number of anilines is 1. The Morgan fingerprint density at radius 2 is 1.89 bits per heavy atom. The zero-order valence-corrected chi connectivity index (χ0v) is 15.9. The number of halogens is 3. The lowest BCUT2D eigenvalue weighted by atomic mass is 10.1. The van der Waals surface area contributed by atoms with E-state index in [1.54, 1.807) is 23.1 Å². The van der Waals surface area contributed by atoms with Crippen LogP contribution in [0.3, 0.4) is 0 Å². The fourth-order valence-electron chi connectivity index (χ4n) is 2.74. The summed E-state index contributed by atoms with van der Waals surface area (Å²) >= 11 is 5.32. The van der Waals surface area contributed by atoms with Crippen LogP contribution in [0.15, 0.2) is 67.0 Å². The highest BCUT2D eigenvalue weighted by molar-refractivity contribution is 7.80. The second kappa shape index (κ2) is 8.43. The summed E-state index contributed by atoms with van der Waals surface area (Å²) in [6, 6.07) is 15.1. The maximum Gasteiger partial charge on any atom is 0.416 e. The SMILES string of the molecule is CC(NC(=S)Nc1cnn(Cc2cccc(C(F)(F)F)c2)c1)c1ccccc1.